The molecule has 2 aromatic heterocycles. The minimum absolute atomic E-state index is 0. The summed E-state index contributed by atoms with van der Waals surface area (Å²) in [7, 11) is 0. The minimum Gasteiger partial charge on any atom is -0.394 e. The second-order valence-electron chi connectivity index (χ2n) is 4.67. The van der Waals surface area contributed by atoms with Crippen molar-refractivity contribution in [2.24, 2.45) is 0 Å². The van der Waals surface area contributed by atoms with E-state index >= 15 is 0 Å². The smallest absolute Gasteiger partial charge is 0.172 e. The highest BCUT2D eigenvalue weighted by atomic mass is 35.5. The Bertz CT molecular complexity index is 556. The van der Waals surface area contributed by atoms with Gasteiger partial charge in [-0.2, -0.15) is 0 Å². The zero-order valence-electron chi connectivity index (χ0n) is 11.7. The first-order valence-electron chi connectivity index (χ1n) is 6.61. The fourth-order valence-corrected chi connectivity index (χ4v) is 2.31. The fourth-order valence-electron chi connectivity index (χ4n) is 2.31. The number of morpholine rings is 1. The van der Waals surface area contributed by atoms with Crippen molar-refractivity contribution in [3.63, 3.8) is 0 Å². The molecule has 8 heteroatoms. The number of rotatable bonds is 4. The lowest BCUT2D eigenvalue weighted by molar-refractivity contribution is 0.0398. The SMILES string of the molecule is Cl.Cl.Nc1c(NCCN2CCOCC2)nn2ccccc12. The van der Waals surface area contributed by atoms with Gasteiger partial charge in [-0.1, -0.05) is 6.07 Å². The van der Waals surface area contributed by atoms with Gasteiger partial charge in [0.1, 0.15) is 5.69 Å². The molecule has 3 rings (SSSR count). The Labute approximate surface area is 136 Å². The highest BCUT2D eigenvalue weighted by Crippen LogP contribution is 2.22. The van der Waals surface area contributed by atoms with Crippen LogP contribution in [0.15, 0.2) is 24.4 Å². The maximum Gasteiger partial charge on any atom is 0.172 e. The molecule has 1 fully saturated rings. The number of hydrogen-bond donors (Lipinski definition) is 2. The largest absolute Gasteiger partial charge is 0.394 e. The molecule has 0 atom stereocenters. The zero-order chi connectivity index (χ0) is 13.1. The van der Waals surface area contributed by atoms with Gasteiger partial charge >= 0.3 is 0 Å². The summed E-state index contributed by atoms with van der Waals surface area (Å²) in [6, 6.07) is 5.87. The summed E-state index contributed by atoms with van der Waals surface area (Å²) in [6.45, 7) is 5.49. The molecule has 0 bridgehead atoms. The highest BCUT2D eigenvalue weighted by molar-refractivity contribution is 5.85. The van der Waals surface area contributed by atoms with Crippen molar-refractivity contribution in [1.82, 2.24) is 14.5 Å². The number of fused-ring (bicyclic) bond motifs is 1. The zero-order valence-corrected chi connectivity index (χ0v) is 13.3. The molecule has 0 amide bonds. The van der Waals surface area contributed by atoms with Crippen molar-refractivity contribution in [3.8, 4) is 0 Å². The van der Waals surface area contributed by atoms with Crippen molar-refractivity contribution in [3.05, 3.63) is 24.4 Å². The van der Waals surface area contributed by atoms with Gasteiger partial charge in [0.25, 0.3) is 0 Å². The molecule has 21 heavy (non-hydrogen) atoms. The van der Waals surface area contributed by atoms with Crippen LogP contribution in [0.4, 0.5) is 11.5 Å². The summed E-state index contributed by atoms with van der Waals surface area (Å²) in [5.41, 5.74) is 7.73. The molecule has 118 valence electrons. The summed E-state index contributed by atoms with van der Waals surface area (Å²) in [6.07, 6.45) is 1.90. The molecule has 0 spiro atoms. The van der Waals surface area contributed by atoms with Crippen LogP contribution in [0.3, 0.4) is 0 Å². The maximum absolute atomic E-state index is 6.08. The Kier molecular flexibility index (Phi) is 7.04. The van der Waals surface area contributed by atoms with Crippen LogP contribution in [0, 0.1) is 0 Å². The molecule has 1 aliphatic rings. The molecular formula is C13H21Cl2N5O. The summed E-state index contributed by atoms with van der Waals surface area (Å²) in [5.74, 6) is 0.763. The van der Waals surface area contributed by atoms with E-state index in [-0.39, 0.29) is 24.8 Å². The number of nitrogens with one attached hydrogen (secondary N) is 1. The number of pyridine rings is 1. The van der Waals surface area contributed by atoms with Gasteiger partial charge in [-0.05, 0) is 12.1 Å². The molecule has 0 saturated carbocycles. The van der Waals surface area contributed by atoms with E-state index < -0.39 is 0 Å². The van der Waals surface area contributed by atoms with Crippen LogP contribution in [0.25, 0.3) is 5.52 Å². The Hall–Kier alpha value is -1.21. The molecule has 0 unspecified atom stereocenters. The lowest BCUT2D eigenvalue weighted by Gasteiger charge is -2.26. The molecule has 1 saturated heterocycles. The number of aromatic nitrogens is 2. The van der Waals surface area contributed by atoms with Crippen LogP contribution >= 0.6 is 24.8 Å². The molecule has 0 aliphatic carbocycles. The molecule has 0 radical (unpaired) electrons. The van der Waals surface area contributed by atoms with Gasteiger partial charge in [0.2, 0.25) is 0 Å². The number of ether oxygens (including phenoxy) is 1. The monoisotopic (exact) mass is 333 g/mol. The molecule has 3 N–H and O–H groups in total. The van der Waals surface area contributed by atoms with Gasteiger partial charge in [0, 0.05) is 32.4 Å². The van der Waals surface area contributed by atoms with Gasteiger partial charge < -0.3 is 15.8 Å². The van der Waals surface area contributed by atoms with E-state index in [4.69, 9.17) is 10.5 Å². The van der Waals surface area contributed by atoms with E-state index in [0.29, 0.717) is 5.69 Å². The summed E-state index contributed by atoms with van der Waals surface area (Å²) in [4.78, 5) is 2.38. The molecule has 3 heterocycles. The van der Waals surface area contributed by atoms with Gasteiger partial charge in [-0.25, -0.2) is 4.52 Å². The number of halogens is 2. The maximum atomic E-state index is 6.08. The summed E-state index contributed by atoms with van der Waals surface area (Å²) >= 11 is 0. The van der Waals surface area contributed by atoms with Gasteiger partial charge in [-0.15, -0.1) is 29.9 Å². The van der Waals surface area contributed by atoms with Crippen LogP contribution in [-0.4, -0.2) is 53.9 Å². The Morgan fingerprint density at radius 3 is 2.71 bits per heavy atom. The Morgan fingerprint density at radius 1 is 1.24 bits per heavy atom. The number of hydrogen-bond acceptors (Lipinski definition) is 5. The number of nitrogens with zero attached hydrogens (tertiary/aromatic N) is 3. The van der Waals surface area contributed by atoms with E-state index in [0.717, 1.165) is 50.7 Å². The quantitative estimate of drug-likeness (QED) is 0.887. The predicted molar refractivity (Wildman–Crippen MR) is 89.8 cm³/mol. The first-order valence-corrected chi connectivity index (χ1v) is 6.61. The van der Waals surface area contributed by atoms with Crippen LogP contribution in [-0.2, 0) is 4.74 Å². The van der Waals surface area contributed by atoms with Crippen molar-refractivity contribution in [2.45, 2.75) is 0 Å². The second-order valence-corrected chi connectivity index (χ2v) is 4.67. The number of anilines is 2. The van der Waals surface area contributed by atoms with Crippen molar-refractivity contribution >= 4 is 41.8 Å². The van der Waals surface area contributed by atoms with E-state index in [9.17, 15) is 0 Å². The fraction of sp³-hybridized carbons (Fsp3) is 0.462. The lowest BCUT2D eigenvalue weighted by Crippen LogP contribution is -2.39. The summed E-state index contributed by atoms with van der Waals surface area (Å²) < 4.78 is 7.12. The van der Waals surface area contributed by atoms with Crippen LogP contribution in [0.5, 0.6) is 0 Å². The van der Waals surface area contributed by atoms with Crippen LogP contribution in [0.1, 0.15) is 0 Å². The Balaban J connectivity index is 0.00000110. The number of nitrogen functional groups attached to an aromatic ring is 1. The third kappa shape index (κ3) is 4.14. The standard InChI is InChI=1S/C13H19N5O.2ClH/c14-12-11-3-1-2-5-18(11)16-13(12)15-4-6-17-7-9-19-10-8-17;;/h1-3,5H,4,6-10,14H2,(H,15,16);2*1H. The van der Waals surface area contributed by atoms with Crippen LogP contribution < -0.4 is 11.1 Å². The normalized spacial score (nSPS) is 15.2. The molecule has 2 aromatic rings. The Morgan fingerprint density at radius 2 is 2.00 bits per heavy atom. The third-order valence-electron chi connectivity index (χ3n) is 3.40. The van der Waals surface area contributed by atoms with Crippen molar-refractivity contribution in [1.29, 1.82) is 0 Å². The van der Waals surface area contributed by atoms with Gasteiger partial charge in [0.15, 0.2) is 5.82 Å². The van der Waals surface area contributed by atoms with E-state index in [2.05, 4.69) is 15.3 Å². The molecule has 0 aromatic carbocycles. The average molecular weight is 334 g/mol. The molecule has 6 nitrogen and oxygen atoms in total. The highest BCUT2D eigenvalue weighted by Gasteiger charge is 2.11. The van der Waals surface area contributed by atoms with Gasteiger partial charge in [-0.3, -0.25) is 4.90 Å². The van der Waals surface area contributed by atoms with Crippen LogP contribution in [0.2, 0.25) is 0 Å². The summed E-state index contributed by atoms with van der Waals surface area (Å²) in [5, 5.41) is 7.74. The molecule has 1 aliphatic heterocycles. The first kappa shape index (κ1) is 17.8. The average Bonchev–Trinajstić information content (AvgIpc) is 2.78. The predicted octanol–water partition coefficient (Wildman–Crippen LogP) is 1.50. The second kappa shape index (κ2) is 8.29. The minimum atomic E-state index is 0. The number of nitrogens with two attached hydrogens (primary N) is 1. The van der Waals surface area contributed by atoms with Crippen molar-refractivity contribution in [2.75, 3.05) is 50.4 Å². The van der Waals surface area contributed by atoms with E-state index in [1.807, 2.05) is 24.4 Å². The lowest BCUT2D eigenvalue weighted by atomic mass is 10.3. The van der Waals surface area contributed by atoms with E-state index in [1.54, 1.807) is 4.52 Å². The molecular weight excluding hydrogens is 313 g/mol. The topological polar surface area (TPSA) is 67.8 Å². The van der Waals surface area contributed by atoms with Crippen molar-refractivity contribution < 1.29 is 4.74 Å². The first-order chi connectivity index (χ1) is 9.34. The van der Waals surface area contributed by atoms with Gasteiger partial charge in [0.05, 0.1) is 18.7 Å². The third-order valence-corrected chi connectivity index (χ3v) is 3.40. The van der Waals surface area contributed by atoms with E-state index in [1.165, 1.54) is 0 Å².